The van der Waals surface area contributed by atoms with Gasteiger partial charge in [-0.2, -0.15) is 5.26 Å². The van der Waals surface area contributed by atoms with E-state index in [1.807, 2.05) is 5.32 Å². The number of hydrogen-bond acceptors (Lipinski definition) is 7. The number of rotatable bonds is 6. The van der Waals surface area contributed by atoms with Crippen molar-refractivity contribution in [1.29, 1.82) is 5.26 Å². The Kier molecular flexibility index (Phi) is 7.10. The molecule has 24 heavy (non-hydrogen) atoms. The van der Waals surface area contributed by atoms with Gasteiger partial charge >= 0.3 is 6.09 Å². The number of nitrogens with one attached hydrogen (secondary N) is 1. The normalized spacial score (nSPS) is 10.4. The number of benzene rings is 1. The monoisotopic (exact) mass is 334 g/mol. The van der Waals surface area contributed by atoms with Gasteiger partial charge in [-0.3, -0.25) is 10.1 Å². The van der Waals surface area contributed by atoms with Gasteiger partial charge in [-0.1, -0.05) is 0 Å². The molecule has 0 saturated heterocycles. The van der Waals surface area contributed by atoms with Crippen LogP contribution in [0.4, 0.5) is 4.79 Å². The summed E-state index contributed by atoms with van der Waals surface area (Å²) in [5.41, 5.74) is 0.110. The smallest absolute Gasteiger partial charge is 0.414 e. The first-order chi connectivity index (χ1) is 11.5. The van der Waals surface area contributed by atoms with Gasteiger partial charge in [-0.25, -0.2) is 4.79 Å². The Labute approximate surface area is 139 Å². The average Bonchev–Trinajstić information content (AvgIpc) is 2.58. The predicted octanol–water partition coefficient (Wildman–Crippen LogP) is 1.89. The molecule has 1 rings (SSSR count). The van der Waals surface area contributed by atoms with Crippen molar-refractivity contribution in [1.82, 2.24) is 5.32 Å². The minimum atomic E-state index is -0.928. The predicted molar refractivity (Wildman–Crippen MR) is 84.9 cm³/mol. The molecule has 0 aromatic heterocycles. The fourth-order valence-electron chi connectivity index (χ4n) is 1.87. The van der Waals surface area contributed by atoms with Gasteiger partial charge in [0.15, 0.2) is 11.5 Å². The van der Waals surface area contributed by atoms with Gasteiger partial charge < -0.3 is 18.9 Å². The Hall–Kier alpha value is -3.21. The lowest BCUT2D eigenvalue weighted by atomic mass is 10.1. The third-order valence-corrected chi connectivity index (χ3v) is 2.89. The van der Waals surface area contributed by atoms with Gasteiger partial charge in [0.2, 0.25) is 5.75 Å². The van der Waals surface area contributed by atoms with Crippen molar-refractivity contribution in [2.24, 2.45) is 0 Å². The summed E-state index contributed by atoms with van der Waals surface area (Å²) in [6.07, 6.45) is 0.345. The van der Waals surface area contributed by atoms with E-state index in [2.05, 4.69) is 4.74 Å². The fourth-order valence-corrected chi connectivity index (χ4v) is 1.87. The summed E-state index contributed by atoms with van der Waals surface area (Å²) in [5, 5.41) is 11.1. The number of nitriles is 1. The van der Waals surface area contributed by atoms with Crippen molar-refractivity contribution in [2.45, 2.75) is 6.92 Å². The lowest BCUT2D eigenvalue weighted by molar-refractivity contribution is -0.116. The SMILES string of the molecule is CCOC(=O)NC(=O)/C(C#N)=C\c1ccc(OC)c(OC)c1OC. The van der Waals surface area contributed by atoms with Gasteiger partial charge in [0, 0.05) is 5.56 Å². The number of carbonyl (C=O) groups excluding carboxylic acids is 2. The minimum absolute atomic E-state index is 0.105. The third kappa shape index (κ3) is 4.39. The molecule has 8 heteroatoms. The number of methoxy groups -OCH3 is 3. The molecule has 2 amide bonds. The highest BCUT2D eigenvalue weighted by Gasteiger charge is 2.18. The molecular weight excluding hydrogens is 316 g/mol. The number of nitrogens with zero attached hydrogens (tertiary/aromatic N) is 1. The van der Waals surface area contributed by atoms with Crippen LogP contribution in [0.15, 0.2) is 17.7 Å². The van der Waals surface area contributed by atoms with Crippen LogP contribution < -0.4 is 19.5 Å². The van der Waals surface area contributed by atoms with Crippen LogP contribution in [0.2, 0.25) is 0 Å². The highest BCUT2D eigenvalue weighted by atomic mass is 16.5. The van der Waals surface area contributed by atoms with E-state index in [-0.39, 0.29) is 17.9 Å². The molecule has 0 aliphatic heterocycles. The minimum Gasteiger partial charge on any atom is -0.493 e. The second-order valence-electron chi connectivity index (χ2n) is 4.27. The molecular formula is C16H18N2O6. The molecule has 128 valence electrons. The summed E-state index contributed by atoms with van der Waals surface area (Å²) >= 11 is 0. The molecule has 0 unspecified atom stereocenters. The first kappa shape index (κ1) is 18.8. The highest BCUT2D eigenvalue weighted by Crippen LogP contribution is 2.40. The molecule has 0 aliphatic rings. The molecule has 0 bridgehead atoms. The average molecular weight is 334 g/mol. The maximum absolute atomic E-state index is 11.9. The van der Waals surface area contributed by atoms with Gasteiger partial charge in [-0.15, -0.1) is 0 Å². The van der Waals surface area contributed by atoms with E-state index in [1.165, 1.54) is 27.4 Å². The van der Waals surface area contributed by atoms with Crippen LogP contribution in [-0.2, 0) is 9.53 Å². The van der Waals surface area contributed by atoms with Crippen LogP contribution in [0, 0.1) is 11.3 Å². The summed E-state index contributed by atoms with van der Waals surface area (Å²) < 4.78 is 20.3. The van der Waals surface area contributed by atoms with Gasteiger partial charge in [0.25, 0.3) is 5.91 Å². The second kappa shape index (κ2) is 9.05. The van der Waals surface area contributed by atoms with E-state index >= 15 is 0 Å². The van der Waals surface area contributed by atoms with Crippen molar-refractivity contribution in [3.05, 3.63) is 23.3 Å². The summed E-state index contributed by atoms with van der Waals surface area (Å²) in [7, 11) is 4.33. The zero-order valence-corrected chi connectivity index (χ0v) is 13.8. The van der Waals surface area contributed by atoms with E-state index in [0.717, 1.165) is 0 Å². The fraction of sp³-hybridized carbons (Fsp3) is 0.312. The van der Waals surface area contributed by atoms with Crippen molar-refractivity contribution >= 4 is 18.1 Å². The summed E-state index contributed by atoms with van der Waals surface area (Å²) in [5.74, 6) is 0.152. The Bertz CT molecular complexity index is 691. The van der Waals surface area contributed by atoms with E-state index < -0.39 is 12.0 Å². The maximum atomic E-state index is 11.9. The second-order valence-corrected chi connectivity index (χ2v) is 4.27. The Morgan fingerprint density at radius 2 is 1.83 bits per heavy atom. The Balaban J connectivity index is 3.24. The molecule has 0 radical (unpaired) electrons. The van der Waals surface area contributed by atoms with Crippen LogP contribution in [-0.4, -0.2) is 39.9 Å². The Morgan fingerprint density at radius 3 is 2.33 bits per heavy atom. The summed E-state index contributed by atoms with van der Waals surface area (Å²) in [6.45, 7) is 1.70. The van der Waals surface area contributed by atoms with Crippen LogP contribution in [0.5, 0.6) is 17.2 Å². The van der Waals surface area contributed by atoms with Gasteiger partial charge in [-0.05, 0) is 25.1 Å². The first-order valence-corrected chi connectivity index (χ1v) is 6.91. The van der Waals surface area contributed by atoms with E-state index in [9.17, 15) is 9.59 Å². The lowest BCUT2D eigenvalue weighted by Gasteiger charge is -2.14. The zero-order valence-electron chi connectivity index (χ0n) is 13.8. The largest absolute Gasteiger partial charge is 0.493 e. The third-order valence-electron chi connectivity index (χ3n) is 2.89. The molecule has 1 aromatic rings. The van der Waals surface area contributed by atoms with Crippen LogP contribution in [0.25, 0.3) is 6.08 Å². The topological polar surface area (TPSA) is 107 Å². The molecule has 0 heterocycles. The van der Waals surface area contributed by atoms with Gasteiger partial charge in [0.05, 0.1) is 27.9 Å². The maximum Gasteiger partial charge on any atom is 0.414 e. The van der Waals surface area contributed by atoms with Crippen LogP contribution >= 0.6 is 0 Å². The first-order valence-electron chi connectivity index (χ1n) is 6.91. The standard InChI is InChI=1S/C16H18N2O6/c1-5-24-16(20)18-15(19)11(9-17)8-10-6-7-12(21-2)14(23-4)13(10)22-3/h6-8H,5H2,1-4H3,(H,18,19,20)/b11-8-. The van der Waals surface area contributed by atoms with E-state index in [1.54, 1.807) is 25.1 Å². The lowest BCUT2D eigenvalue weighted by Crippen LogP contribution is -2.31. The highest BCUT2D eigenvalue weighted by molar-refractivity contribution is 6.08. The summed E-state index contributed by atoms with van der Waals surface area (Å²) in [6, 6.07) is 4.92. The van der Waals surface area contributed by atoms with Crippen molar-refractivity contribution in [3.8, 4) is 23.3 Å². The van der Waals surface area contributed by atoms with Crippen molar-refractivity contribution in [2.75, 3.05) is 27.9 Å². The number of ether oxygens (including phenoxy) is 4. The van der Waals surface area contributed by atoms with E-state index in [4.69, 9.17) is 19.5 Å². The number of hydrogen-bond donors (Lipinski definition) is 1. The number of carbonyl (C=O) groups is 2. The van der Waals surface area contributed by atoms with Crippen molar-refractivity contribution in [3.63, 3.8) is 0 Å². The quantitative estimate of drug-likeness (QED) is 0.625. The molecule has 0 fully saturated rings. The van der Waals surface area contributed by atoms with E-state index in [0.29, 0.717) is 17.1 Å². The molecule has 0 aliphatic carbocycles. The zero-order chi connectivity index (χ0) is 18.1. The number of imide groups is 1. The molecule has 8 nitrogen and oxygen atoms in total. The molecule has 0 spiro atoms. The molecule has 1 aromatic carbocycles. The van der Waals surface area contributed by atoms with Crippen LogP contribution in [0.1, 0.15) is 12.5 Å². The van der Waals surface area contributed by atoms with Crippen LogP contribution in [0.3, 0.4) is 0 Å². The molecule has 0 saturated carbocycles. The molecule has 1 N–H and O–H groups in total. The molecule has 0 atom stereocenters. The van der Waals surface area contributed by atoms with Crippen molar-refractivity contribution < 1.29 is 28.5 Å². The number of amides is 2. The number of alkyl carbamates (subject to hydrolysis) is 1. The Morgan fingerprint density at radius 1 is 1.17 bits per heavy atom. The summed E-state index contributed by atoms with van der Waals surface area (Å²) in [4.78, 5) is 23.2. The van der Waals surface area contributed by atoms with Gasteiger partial charge in [0.1, 0.15) is 11.6 Å².